The molecule has 7 heteroatoms. The van der Waals surface area contributed by atoms with Gasteiger partial charge < -0.3 is 10.1 Å². The highest BCUT2D eigenvalue weighted by atomic mass is 16.6. The highest BCUT2D eigenvalue weighted by Gasteiger charge is 2.09. The van der Waals surface area contributed by atoms with E-state index in [2.05, 4.69) is 22.4 Å². The lowest BCUT2D eigenvalue weighted by Crippen LogP contribution is -2.25. The molecule has 0 fully saturated rings. The third-order valence-electron chi connectivity index (χ3n) is 4.57. The summed E-state index contributed by atoms with van der Waals surface area (Å²) in [5.74, 6) is 0.752. The first-order valence-electron chi connectivity index (χ1n) is 9.78. The third kappa shape index (κ3) is 6.50. The van der Waals surface area contributed by atoms with Gasteiger partial charge in [0.15, 0.2) is 0 Å². The molecule has 158 valence electrons. The minimum Gasteiger partial charge on any atom is -0.489 e. The van der Waals surface area contributed by atoms with Gasteiger partial charge in [-0.1, -0.05) is 12.1 Å². The van der Waals surface area contributed by atoms with Gasteiger partial charge in [0.25, 0.3) is 5.69 Å². The number of aromatic nitrogens is 1. The Bertz CT molecular complexity index is 1070. The molecule has 1 amide bonds. The summed E-state index contributed by atoms with van der Waals surface area (Å²) in [6.07, 6.45) is 4.71. The zero-order valence-electron chi connectivity index (χ0n) is 17.3. The average Bonchev–Trinajstić information content (AvgIpc) is 3.10. The van der Waals surface area contributed by atoms with E-state index in [1.807, 2.05) is 38.1 Å². The number of pyridine rings is 1. The van der Waals surface area contributed by atoms with E-state index in [-0.39, 0.29) is 17.6 Å². The number of aryl methyl sites for hydroxylation is 1. The van der Waals surface area contributed by atoms with Crippen molar-refractivity contribution in [2.24, 2.45) is 0 Å². The van der Waals surface area contributed by atoms with Gasteiger partial charge in [-0.3, -0.25) is 19.9 Å². The predicted octanol–water partition coefficient (Wildman–Crippen LogP) is 4.77. The number of carbonyl (C=O) groups is 1. The fraction of sp³-hybridized carbons (Fsp3) is 0.167. The van der Waals surface area contributed by atoms with Gasteiger partial charge in [-0.2, -0.15) is 0 Å². The van der Waals surface area contributed by atoms with Crippen LogP contribution >= 0.6 is 0 Å². The molecule has 1 N–H and O–H groups in total. The number of hydrogen-bond acceptors (Lipinski definition) is 5. The van der Waals surface area contributed by atoms with Gasteiger partial charge >= 0.3 is 0 Å². The van der Waals surface area contributed by atoms with Crippen LogP contribution in [0.2, 0.25) is 0 Å². The lowest BCUT2D eigenvalue weighted by atomic mass is 10.1. The van der Waals surface area contributed by atoms with Gasteiger partial charge in [0, 0.05) is 24.4 Å². The standard InChI is InChI=1S/C17H17N3O3.C7H6O/c1-12-9-10-18-16(11-12)13(2)19-17(21)8-5-14-3-6-15(7-4-14)20(22)23;1-2-6-4-7(3-1)8-5-6/h3-11,13H,1-2H3,(H,19,21);1-4H,5H2. The molecule has 2 heterocycles. The molecular weight excluding hydrogens is 394 g/mol. The smallest absolute Gasteiger partial charge is 0.269 e. The summed E-state index contributed by atoms with van der Waals surface area (Å²) in [5, 5.41) is 13.4. The molecule has 4 rings (SSSR count). The molecular formula is C24H23N3O4. The van der Waals surface area contributed by atoms with Crippen molar-refractivity contribution < 1.29 is 14.5 Å². The van der Waals surface area contributed by atoms with Crippen molar-refractivity contribution in [1.29, 1.82) is 0 Å². The quantitative estimate of drug-likeness (QED) is 0.367. The maximum absolute atomic E-state index is 11.9. The van der Waals surface area contributed by atoms with Crippen molar-refractivity contribution >= 4 is 17.7 Å². The number of fused-ring (bicyclic) bond motifs is 2. The van der Waals surface area contributed by atoms with Crippen molar-refractivity contribution in [3.63, 3.8) is 0 Å². The first-order chi connectivity index (χ1) is 14.9. The maximum atomic E-state index is 11.9. The second kappa shape index (κ2) is 10.2. The monoisotopic (exact) mass is 417 g/mol. The Morgan fingerprint density at radius 2 is 1.97 bits per heavy atom. The molecule has 0 saturated heterocycles. The number of ether oxygens (including phenoxy) is 1. The summed E-state index contributed by atoms with van der Waals surface area (Å²) in [7, 11) is 0. The van der Waals surface area contributed by atoms with E-state index in [1.165, 1.54) is 23.8 Å². The molecule has 0 aliphatic carbocycles. The van der Waals surface area contributed by atoms with Crippen LogP contribution in [0.5, 0.6) is 5.75 Å². The highest BCUT2D eigenvalue weighted by Crippen LogP contribution is 2.20. The van der Waals surface area contributed by atoms with Gasteiger partial charge in [-0.25, -0.2) is 0 Å². The molecule has 0 spiro atoms. The number of nitrogens with one attached hydrogen (secondary N) is 1. The van der Waals surface area contributed by atoms with Crippen LogP contribution in [0, 0.1) is 17.0 Å². The van der Waals surface area contributed by atoms with E-state index in [9.17, 15) is 14.9 Å². The lowest BCUT2D eigenvalue weighted by molar-refractivity contribution is -0.384. The van der Waals surface area contributed by atoms with Crippen LogP contribution in [0.4, 0.5) is 5.69 Å². The summed E-state index contributed by atoms with van der Waals surface area (Å²) in [6, 6.07) is 17.7. The van der Waals surface area contributed by atoms with Crippen LogP contribution in [0.15, 0.2) is 72.9 Å². The Morgan fingerprint density at radius 3 is 2.61 bits per heavy atom. The van der Waals surface area contributed by atoms with Crippen LogP contribution in [0.25, 0.3) is 6.08 Å². The van der Waals surface area contributed by atoms with E-state index in [4.69, 9.17) is 4.74 Å². The zero-order valence-corrected chi connectivity index (χ0v) is 17.3. The summed E-state index contributed by atoms with van der Waals surface area (Å²) in [6.45, 7) is 4.59. The van der Waals surface area contributed by atoms with Gasteiger partial charge in [-0.15, -0.1) is 0 Å². The number of rotatable bonds is 5. The van der Waals surface area contributed by atoms with Crippen molar-refractivity contribution in [2.75, 3.05) is 0 Å². The topological polar surface area (TPSA) is 94.4 Å². The number of benzene rings is 2. The maximum Gasteiger partial charge on any atom is 0.269 e. The minimum atomic E-state index is -0.462. The molecule has 7 nitrogen and oxygen atoms in total. The fourth-order valence-corrected chi connectivity index (χ4v) is 2.90. The second-order valence-corrected chi connectivity index (χ2v) is 7.11. The first-order valence-corrected chi connectivity index (χ1v) is 9.78. The number of hydrogen-bond donors (Lipinski definition) is 1. The first kappa shape index (κ1) is 21.7. The van der Waals surface area contributed by atoms with Gasteiger partial charge in [-0.05, 0) is 73.0 Å². The zero-order chi connectivity index (χ0) is 22.2. The van der Waals surface area contributed by atoms with E-state index < -0.39 is 4.92 Å². The number of amides is 1. The Kier molecular flexibility index (Phi) is 7.11. The van der Waals surface area contributed by atoms with Crippen LogP contribution < -0.4 is 10.1 Å². The molecule has 1 atom stereocenters. The predicted molar refractivity (Wildman–Crippen MR) is 118 cm³/mol. The molecule has 0 saturated carbocycles. The van der Waals surface area contributed by atoms with E-state index in [0.717, 1.165) is 23.6 Å². The SMILES string of the molecule is Cc1ccnc(C(C)NC(=O)C=Cc2ccc([N+](=O)[O-])cc2)c1.c1cc2cc(c1)OC2. The number of nitro benzene ring substituents is 1. The van der Waals surface area contributed by atoms with Gasteiger partial charge in [0.2, 0.25) is 5.91 Å². The number of non-ortho nitro benzene ring substituents is 1. The molecule has 1 aliphatic heterocycles. The van der Waals surface area contributed by atoms with E-state index in [1.54, 1.807) is 24.4 Å². The van der Waals surface area contributed by atoms with Crippen molar-refractivity contribution in [2.45, 2.75) is 26.5 Å². The van der Waals surface area contributed by atoms with Crippen molar-refractivity contribution in [3.8, 4) is 5.75 Å². The van der Waals surface area contributed by atoms with Crippen molar-refractivity contribution in [3.05, 3.63) is 105 Å². The minimum absolute atomic E-state index is 0.0192. The molecule has 1 aliphatic rings. The van der Waals surface area contributed by atoms with Crippen LogP contribution in [0.1, 0.15) is 35.3 Å². The lowest BCUT2D eigenvalue weighted by Gasteiger charge is -2.12. The molecule has 2 bridgehead atoms. The molecule has 2 aromatic carbocycles. The van der Waals surface area contributed by atoms with Crippen molar-refractivity contribution in [1.82, 2.24) is 10.3 Å². The second-order valence-electron chi connectivity index (χ2n) is 7.11. The van der Waals surface area contributed by atoms with Gasteiger partial charge in [0.05, 0.1) is 16.7 Å². The van der Waals surface area contributed by atoms with Crippen LogP contribution in [-0.2, 0) is 11.4 Å². The van der Waals surface area contributed by atoms with Crippen LogP contribution in [0.3, 0.4) is 0 Å². The molecule has 1 aromatic heterocycles. The van der Waals surface area contributed by atoms with E-state index >= 15 is 0 Å². The van der Waals surface area contributed by atoms with E-state index in [0.29, 0.717) is 5.56 Å². The molecule has 0 radical (unpaired) electrons. The Morgan fingerprint density at radius 1 is 1.19 bits per heavy atom. The van der Waals surface area contributed by atoms with Gasteiger partial charge in [0.1, 0.15) is 12.4 Å². The van der Waals surface area contributed by atoms with Crippen LogP contribution in [-0.4, -0.2) is 15.8 Å². The molecule has 1 unspecified atom stereocenters. The molecule has 31 heavy (non-hydrogen) atoms. The summed E-state index contributed by atoms with van der Waals surface area (Å²) < 4.78 is 5.18. The number of carbonyl (C=O) groups excluding carboxylic acids is 1. The Labute approximate surface area is 180 Å². The third-order valence-corrected chi connectivity index (χ3v) is 4.57. The Balaban J connectivity index is 0.000000280. The normalized spacial score (nSPS) is 12.5. The molecule has 3 aromatic rings. The number of nitro groups is 1. The average molecular weight is 417 g/mol. The highest BCUT2D eigenvalue weighted by molar-refractivity contribution is 5.91. The summed E-state index contributed by atoms with van der Waals surface area (Å²) >= 11 is 0. The summed E-state index contributed by atoms with van der Waals surface area (Å²) in [5.41, 5.74) is 3.89. The number of nitrogens with zero attached hydrogens (tertiary/aromatic N) is 2. The Hall–Kier alpha value is -4.00. The largest absolute Gasteiger partial charge is 0.489 e. The summed E-state index contributed by atoms with van der Waals surface area (Å²) in [4.78, 5) is 26.3. The fourth-order valence-electron chi connectivity index (χ4n) is 2.90.